The molecule has 0 radical (unpaired) electrons. The minimum Gasteiger partial charge on any atom is -0.337 e. The van der Waals surface area contributed by atoms with Crippen LogP contribution < -0.4 is 5.56 Å². The Hall–Kier alpha value is -2.21. The minimum absolute atomic E-state index is 0.209. The van der Waals surface area contributed by atoms with Crippen molar-refractivity contribution in [2.45, 2.75) is 19.4 Å². The Kier molecular flexibility index (Phi) is 4.41. The Morgan fingerprint density at radius 2 is 2.08 bits per heavy atom. The van der Waals surface area contributed by atoms with Crippen molar-refractivity contribution in [3.8, 4) is 0 Å². The molecule has 2 heterocycles. The molecule has 128 valence electrons. The third kappa shape index (κ3) is 2.94. The molecular formula is C18H22FN3O2. The molecule has 1 N–H and O–H groups in total. The second kappa shape index (κ2) is 6.36. The highest BCUT2D eigenvalue weighted by molar-refractivity contribution is 6.06. The molecule has 2 aromatic rings. The molecule has 1 saturated heterocycles. The van der Waals surface area contributed by atoms with E-state index < -0.39 is 5.82 Å². The zero-order valence-corrected chi connectivity index (χ0v) is 14.2. The number of carbonyl (C=O) groups is 1. The number of likely N-dealkylation sites (tertiary alicyclic amines) is 1. The number of pyridine rings is 1. The lowest BCUT2D eigenvalue weighted by Crippen LogP contribution is -2.36. The van der Waals surface area contributed by atoms with Gasteiger partial charge in [0, 0.05) is 36.1 Å². The third-order valence-electron chi connectivity index (χ3n) is 4.92. The van der Waals surface area contributed by atoms with Gasteiger partial charge in [0.1, 0.15) is 5.82 Å². The predicted molar refractivity (Wildman–Crippen MR) is 91.7 cm³/mol. The molecule has 0 saturated carbocycles. The van der Waals surface area contributed by atoms with Crippen molar-refractivity contribution in [2.24, 2.45) is 5.92 Å². The van der Waals surface area contributed by atoms with Crippen LogP contribution in [0.4, 0.5) is 4.39 Å². The average molecular weight is 331 g/mol. The summed E-state index contributed by atoms with van der Waals surface area (Å²) in [5.41, 5.74) is 0.387. The summed E-state index contributed by atoms with van der Waals surface area (Å²) >= 11 is 0. The van der Waals surface area contributed by atoms with Crippen LogP contribution in [0, 0.1) is 11.7 Å². The van der Waals surface area contributed by atoms with Crippen LogP contribution in [0.2, 0.25) is 0 Å². The summed E-state index contributed by atoms with van der Waals surface area (Å²) < 4.78 is 13.6. The van der Waals surface area contributed by atoms with Gasteiger partial charge < -0.3 is 14.8 Å². The number of benzene rings is 1. The van der Waals surface area contributed by atoms with Crippen LogP contribution in [-0.4, -0.2) is 53.9 Å². The summed E-state index contributed by atoms with van der Waals surface area (Å²) in [4.78, 5) is 31.4. The number of hydrogen-bond donors (Lipinski definition) is 1. The summed E-state index contributed by atoms with van der Waals surface area (Å²) in [6.45, 7) is 3.39. The maximum absolute atomic E-state index is 13.6. The largest absolute Gasteiger partial charge is 0.337 e. The maximum Gasteiger partial charge on any atom is 0.254 e. The van der Waals surface area contributed by atoms with Crippen LogP contribution in [0.1, 0.15) is 23.7 Å². The molecule has 3 rings (SSSR count). The van der Waals surface area contributed by atoms with Crippen molar-refractivity contribution in [1.29, 1.82) is 0 Å². The van der Waals surface area contributed by atoms with Crippen molar-refractivity contribution in [3.05, 3.63) is 46.0 Å². The van der Waals surface area contributed by atoms with Gasteiger partial charge in [0.25, 0.3) is 5.91 Å². The van der Waals surface area contributed by atoms with Crippen molar-refractivity contribution in [2.75, 3.05) is 27.2 Å². The highest BCUT2D eigenvalue weighted by Gasteiger charge is 2.36. The van der Waals surface area contributed by atoms with Gasteiger partial charge in [-0.25, -0.2) is 4.39 Å². The molecule has 1 aliphatic heterocycles. The number of aromatic nitrogens is 1. The number of aromatic amines is 1. The number of carbonyl (C=O) groups excluding carboxylic acids is 1. The van der Waals surface area contributed by atoms with E-state index in [1.807, 2.05) is 14.1 Å². The quantitative estimate of drug-likeness (QED) is 0.937. The standard InChI is InChI=1S/C18H22FN3O2/c1-4-11-9-22(10-16(11)21(2)3)18(24)14-8-17(23)20-15-6-5-12(19)7-13(14)15/h5-8,11,16H,4,9-10H2,1-3H3,(H,20,23)/t11-,16+/m0/s1. The van der Waals surface area contributed by atoms with E-state index in [1.165, 1.54) is 24.3 Å². The third-order valence-corrected chi connectivity index (χ3v) is 4.92. The predicted octanol–water partition coefficient (Wildman–Crippen LogP) is 2.08. The fourth-order valence-electron chi connectivity index (χ4n) is 3.58. The zero-order valence-electron chi connectivity index (χ0n) is 14.2. The van der Waals surface area contributed by atoms with E-state index in [-0.39, 0.29) is 17.0 Å². The number of halogens is 1. The molecule has 24 heavy (non-hydrogen) atoms. The normalized spacial score (nSPS) is 21.0. The lowest BCUT2D eigenvalue weighted by molar-refractivity contribution is 0.0782. The first kappa shape index (κ1) is 16.6. The molecular weight excluding hydrogens is 309 g/mol. The van der Waals surface area contributed by atoms with Crippen molar-refractivity contribution in [1.82, 2.24) is 14.8 Å². The van der Waals surface area contributed by atoms with Crippen molar-refractivity contribution in [3.63, 3.8) is 0 Å². The van der Waals surface area contributed by atoms with Gasteiger partial charge in [-0.05, 0) is 38.2 Å². The Morgan fingerprint density at radius 3 is 2.71 bits per heavy atom. The number of H-pyrrole nitrogens is 1. The Labute approximate surface area is 140 Å². The van der Waals surface area contributed by atoms with Crippen LogP contribution >= 0.6 is 0 Å². The maximum atomic E-state index is 13.6. The molecule has 0 unspecified atom stereocenters. The van der Waals surface area contributed by atoms with Crippen LogP contribution in [0.5, 0.6) is 0 Å². The van der Waals surface area contributed by atoms with Gasteiger partial charge in [-0.3, -0.25) is 9.59 Å². The van der Waals surface area contributed by atoms with E-state index in [0.29, 0.717) is 36.0 Å². The SMILES string of the molecule is CC[C@H]1CN(C(=O)c2cc(=O)[nH]c3ccc(F)cc23)C[C@H]1N(C)C. The monoisotopic (exact) mass is 331 g/mol. The number of fused-ring (bicyclic) bond motifs is 1. The molecule has 0 bridgehead atoms. The number of nitrogens with one attached hydrogen (secondary N) is 1. The summed E-state index contributed by atoms with van der Waals surface area (Å²) in [5, 5.41) is 0.445. The van der Waals surface area contributed by atoms with Crippen LogP contribution in [0.25, 0.3) is 10.9 Å². The molecule has 1 aliphatic rings. The summed E-state index contributed by atoms with van der Waals surface area (Å²) in [6, 6.07) is 5.63. The van der Waals surface area contributed by atoms with Gasteiger partial charge in [0.05, 0.1) is 5.56 Å². The van der Waals surface area contributed by atoms with Crippen LogP contribution in [-0.2, 0) is 0 Å². The zero-order chi connectivity index (χ0) is 17.4. The molecule has 2 atom stereocenters. The first-order valence-electron chi connectivity index (χ1n) is 8.19. The fraction of sp³-hybridized carbons (Fsp3) is 0.444. The van der Waals surface area contributed by atoms with E-state index in [2.05, 4.69) is 16.8 Å². The van der Waals surface area contributed by atoms with Crippen LogP contribution in [0.3, 0.4) is 0 Å². The van der Waals surface area contributed by atoms with Gasteiger partial charge >= 0.3 is 0 Å². The molecule has 1 aromatic carbocycles. The fourth-order valence-corrected chi connectivity index (χ4v) is 3.58. The molecule has 1 aromatic heterocycles. The summed E-state index contributed by atoms with van der Waals surface area (Å²) in [6.07, 6.45) is 0.984. The Morgan fingerprint density at radius 1 is 1.33 bits per heavy atom. The first-order chi connectivity index (χ1) is 11.4. The molecule has 6 heteroatoms. The van der Waals surface area contributed by atoms with Crippen molar-refractivity contribution < 1.29 is 9.18 Å². The molecule has 1 amide bonds. The van der Waals surface area contributed by atoms with Crippen LogP contribution in [0.15, 0.2) is 29.1 Å². The molecule has 0 aliphatic carbocycles. The lowest BCUT2D eigenvalue weighted by atomic mass is 10.0. The smallest absolute Gasteiger partial charge is 0.254 e. The molecule has 5 nitrogen and oxygen atoms in total. The van der Waals surface area contributed by atoms with Gasteiger partial charge in [0.2, 0.25) is 5.56 Å². The average Bonchev–Trinajstić information content (AvgIpc) is 2.98. The number of rotatable bonds is 3. The minimum atomic E-state index is -0.428. The topological polar surface area (TPSA) is 56.4 Å². The highest BCUT2D eigenvalue weighted by Crippen LogP contribution is 2.26. The van der Waals surface area contributed by atoms with E-state index in [4.69, 9.17) is 0 Å². The number of nitrogens with zero attached hydrogens (tertiary/aromatic N) is 2. The second-order valence-corrected chi connectivity index (χ2v) is 6.65. The number of hydrogen-bond acceptors (Lipinski definition) is 3. The van der Waals surface area contributed by atoms with Gasteiger partial charge in [0.15, 0.2) is 0 Å². The van der Waals surface area contributed by atoms with E-state index in [9.17, 15) is 14.0 Å². The molecule has 0 spiro atoms. The van der Waals surface area contributed by atoms with Gasteiger partial charge in [-0.15, -0.1) is 0 Å². The first-order valence-corrected chi connectivity index (χ1v) is 8.19. The lowest BCUT2D eigenvalue weighted by Gasteiger charge is -2.23. The summed E-state index contributed by atoms with van der Waals surface area (Å²) in [5.74, 6) is -0.240. The summed E-state index contributed by atoms with van der Waals surface area (Å²) in [7, 11) is 4.03. The van der Waals surface area contributed by atoms with E-state index >= 15 is 0 Å². The van der Waals surface area contributed by atoms with Gasteiger partial charge in [-0.2, -0.15) is 0 Å². The Balaban J connectivity index is 2.00. The number of likely N-dealkylation sites (N-methyl/N-ethyl adjacent to an activating group) is 1. The second-order valence-electron chi connectivity index (χ2n) is 6.65. The van der Waals surface area contributed by atoms with E-state index in [0.717, 1.165) is 6.42 Å². The number of amides is 1. The van der Waals surface area contributed by atoms with Crippen molar-refractivity contribution >= 4 is 16.8 Å². The molecule has 1 fully saturated rings. The highest BCUT2D eigenvalue weighted by atomic mass is 19.1. The van der Waals surface area contributed by atoms with Gasteiger partial charge in [-0.1, -0.05) is 13.3 Å². The van der Waals surface area contributed by atoms with E-state index in [1.54, 1.807) is 4.90 Å². The Bertz CT molecular complexity index is 831.